The van der Waals surface area contributed by atoms with Crippen LogP contribution in [-0.2, 0) is 19.6 Å². The molecule has 0 bridgehead atoms. The third-order valence-electron chi connectivity index (χ3n) is 4.67. The van der Waals surface area contributed by atoms with Crippen LogP contribution in [0.5, 0.6) is 0 Å². The lowest BCUT2D eigenvalue weighted by Crippen LogP contribution is -2.52. The lowest BCUT2D eigenvalue weighted by Gasteiger charge is -2.34. The molecule has 0 atom stereocenters. The van der Waals surface area contributed by atoms with Gasteiger partial charge in [-0.1, -0.05) is 48.0 Å². The van der Waals surface area contributed by atoms with E-state index in [9.17, 15) is 18.0 Å². The Kier molecular flexibility index (Phi) is 7.25. The van der Waals surface area contributed by atoms with E-state index in [0.29, 0.717) is 5.02 Å². The summed E-state index contributed by atoms with van der Waals surface area (Å²) in [5.41, 5.74) is 0.885. The van der Waals surface area contributed by atoms with Gasteiger partial charge in [0.25, 0.3) is 0 Å². The number of carbonyl (C=O) groups excluding carboxylic acids is 2. The van der Waals surface area contributed by atoms with E-state index >= 15 is 0 Å². The smallest absolute Gasteiger partial charge is 0.244 e. The fourth-order valence-electron chi connectivity index (χ4n) is 3.02. The quantitative estimate of drug-likeness (QED) is 0.686. The molecule has 1 saturated heterocycles. The highest BCUT2D eigenvalue weighted by Crippen LogP contribution is 2.20. The molecule has 0 saturated carbocycles. The summed E-state index contributed by atoms with van der Waals surface area (Å²) in [6.07, 6.45) is 3.04. The van der Waals surface area contributed by atoms with Gasteiger partial charge < -0.3 is 10.2 Å². The third-order valence-corrected chi connectivity index (χ3v) is 6.80. The minimum Gasteiger partial charge on any atom is -0.343 e. The molecule has 0 aromatic heterocycles. The number of amides is 2. The minimum absolute atomic E-state index is 0.132. The number of hydrogen-bond donors (Lipinski definition) is 1. The monoisotopic (exact) mass is 447 g/mol. The molecule has 1 fully saturated rings. The van der Waals surface area contributed by atoms with Crippen LogP contribution in [0.3, 0.4) is 0 Å². The standard InChI is InChI=1S/C21H22ClN3O4S/c22-18-7-4-8-19(15-18)30(28,29)25-13-11-24(12-14-25)21(27)16-23-20(26)10-9-17-5-2-1-3-6-17/h1-10,15H,11-14,16H2,(H,23,26)/b10-9+. The van der Waals surface area contributed by atoms with Gasteiger partial charge in [-0.3, -0.25) is 9.59 Å². The van der Waals surface area contributed by atoms with Crippen LogP contribution in [0.25, 0.3) is 6.08 Å². The Morgan fingerprint density at radius 1 is 1.00 bits per heavy atom. The summed E-state index contributed by atoms with van der Waals surface area (Å²) >= 11 is 5.90. The molecule has 158 valence electrons. The number of hydrogen-bond acceptors (Lipinski definition) is 4. The predicted octanol–water partition coefficient (Wildman–Crippen LogP) is 2.00. The molecule has 1 heterocycles. The number of benzene rings is 2. The Hall–Kier alpha value is -2.68. The molecule has 2 aromatic carbocycles. The number of nitrogens with one attached hydrogen (secondary N) is 1. The largest absolute Gasteiger partial charge is 0.343 e. The lowest BCUT2D eigenvalue weighted by molar-refractivity contribution is -0.133. The van der Waals surface area contributed by atoms with Crippen LogP contribution in [0.15, 0.2) is 65.6 Å². The number of rotatable bonds is 6. The molecule has 1 aliphatic rings. The second kappa shape index (κ2) is 9.88. The summed E-state index contributed by atoms with van der Waals surface area (Å²) in [7, 11) is -3.66. The molecule has 2 aromatic rings. The number of sulfonamides is 1. The van der Waals surface area contributed by atoms with Crippen molar-refractivity contribution in [1.29, 1.82) is 0 Å². The summed E-state index contributed by atoms with van der Waals surface area (Å²) in [5.74, 6) is -0.620. The van der Waals surface area contributed by atoms with Gasteiger partial charge >= 0.3 is 0 Å². The maximum Gasteiger partial charge on any atom is 0.244 e. The summed E-state index contributed by atoms with van der Waals surface area (Å²) in [6.45, 7) is 0.743. The molecule has 0 spiro atoms. The van der Waals surface area contributed by atoms with E-state index < -0.39 is 10.0 Å². The first kappa shape index (κ1) is 22.0. The van der Waals surface area contributed by atoms with Gasteiger partial charge in [0, 0.05) is 37.3 Å². The Balaban J connectivity index is 1.48. The van der Waals surface area contributed by atoms with Crippen molar-refractivity contribution in [3.8, 4) is 0 Å². The van der Waals surface area contributed by atoms with Crippen LogP contribution < -0.4 is 5.32 Å². The van der Waals surface area contributed by atoms with E-state index in [4.69, 9.17) is 11.6 Å². The summed E-state index contributed by atoms with van der Waals surface area (Å²) < 4.78 is 26.8. The highest BCUT2D eigenvalue weighted by Gasteiger charge is 2.30. The summed E-state index contributed by atoms with van der Waals surface area (Å²) in [6, 6.07) is 15.5. The van der Waals surface area contributed by atoms with Gasteiger partial charge in [-0.2, -0.15) is 4.31 Å². The van der Waals surface area contributed by atoms with Crippen molar-refractivity contribution in [3.05, 3.63) is 71.3 Å². The molecule has 1 aliphatic heterocycles. The van der Waals surface area contributed by atoms with Crippen LogP contribution in [0, 0.1) is 0 Å². The van der Waals surface area contributed by atoms with Gasteiger partial charge in [-0.15, -0.1) is 0 Å². The predicted molar refractivity (Wildman–Crippen MR) is 115 cm³/mol. The third kappa shape index (κ3) is 5.69. The highest BCUT2D eigenvalue weighted by molar-refractivity contribution is 7.89. The summed E-state index contributed by atoms with van der Waals surface area (Å²) in [4.78, 5) is 25.9. The topological polar surface area (TPSA) is 86.8 Å². The Morgan fingerprint density at radius 2 is 1.70 bits per heavy atom. The fourth-order valence-corrected chi connectivity index (χ4v) is 4.75. The van der Waals surface area contributed by atoms with Crippen LogP contribution in [0.4, 0.5) is 0 Å². The van der Waals surface area contributed by atoms with E-state index in [1.54, 1.807) is 23.1 Å². The maximum atomic E-state index is 12.7. The molecule has 0 radical (unpaired) electrons. The van der Waals surface area contributed by atoms with Crippen LogP contribution in [0.2, 0.25) is 5.02 Å². The van der Waals surface area contributed by atoms with Crippen molar-refractivity contribution in [2.24, 2.45) is 0 Å². The van der Waals surface area contributed by atoms with Crippen LogP contribution in [-0.4, -0.2) is 62.2 Å². The number of piperazine rings is 1. The molecular weight excluding hydrogens is 426 g/mol. The molecular formula is C21H22ClN3O4S. The highest BCUT2D eigenvalue weighted by atomic mass is 35.5. The average molecular weight is 448 g/mol. The number of nitrogens with zero attached hydrogens (tertiary/aromatic N) is 2. The van der Waals surface area contributed by atoms with E-state index in [-0.39, 0.29) is 49.4 Å². The lowest BCUT2D eigenvalue weighted by atomic mass is 10.2. The number of carbonyl (C=O) groups is 2. The fraction of sp³-hybridized carbons (Fsp3) is 0.238. The Morgan fingerprint density at radius 3 is 2.37 bits per heavy atom. The molecule has 3 rings (SSSR count). The van der Waals surface area contributed by atoms with Gasteiger partial charge in [0.2, 0.25) is 21.8 Å². The second-order valence-corrected chi connectivity index (χ2v) is 9.08. The van der Waals surface area contributed by atoms with E-state index in [0.717, 1.165) is 5.56 Å². The van der Waals surface area contributed by atoms with Crippen molar-refractivity contribution in [2.75, 3.05) is 32.7 Å². The molecule has 30 heavy (non-hydrogen) atoms. The Labute approximate surface area is 181 Å². The molecule has 0 unspecified atom stereocenters. The molecule has 0 aliphatic carbocycles. The second-order valence-electron chi connectivity index (χ2n) is 6.70. The molecule has 7 nitrogen and oxygen atoms in total. The first-order chi connectivity index (χ1) is 14.4. The summed E-state index contributed by atoms with van der Waals surface area (Å²) in [5, 5.41) is 2.91. The number of halogens is 1. The normalized spacial score (nSPS) is 15.3. The van der Waals surface area contributed by atoms with Crippen molar-refractivity contribution in [1.82, 2.24) is 14.5 Å². The molecule has 1 N–H and O–H groups in total. The van der Waals surface area contributed by atoms with Gasteiger partial charge in [0.05, 0.1) is 11.4 Å². The van der Waals surface area contributed by atoms with E-state index in [2.05, 4.69) is 5.32 Å². The zero-order valence-corrected chi connectivity index (χ0v) is 17.8. The van der Waals surface area contributed by atoms with Crippen LogP contribution >= 0.6 is 11.6 Å². The van der Waals surface area contributed by atoms with Gasteiger partial charge in [-0.05, 0) is 29.8 Å². The maximum absolute atomic E-state index is 12.7. The van der Waals surface area contributed by atoms with Gasteiger partial charge in [0.15, 0.2) is 0 Å². The van der Waals surface area contributed by atoms with Crippen molar-refractivity contribution in [3.63, 3.8) is 0 Å². The SMILES string of the molecule is O=C(/C=C/c1ccccc1)NCC(=O)N1CCN(S(=O)(=O)c2cccc(Cl)c2)CC1. The molecule has 9 heteroatoms. The first-order valence-corrected chi connectivity index (χ1v) is 11.2. The minimum atomic E-state index is -3.66. The van der Waals surface area contributed by atoms with Crippen LogP contribution in [0.1, 0.15) is 5.56 Å². The first-order valence-electron chi connectivity index (χ1n) is 9.41. The molecule has 2 amide bonds. The van der Waals surface area contributed by atoms with Crippen molar-refractivity contribution in [2.45, 2.75) is 4.90 Å². The zero-order valence-electron chi connectivity index (χ0n) is 16.2. The van der Waals surface area contributed by atoms with Crippen molar-refractivity contribution < 1.29 is 18.0 Å². The van der Waals surface area contributed by atoms with Gasteiger partial charge in [0.1, 0.15) is 0 Å². The van der Waals surface area contributed by atoms with Crippen molar-refractivity contribution >= 4 is 39.5 Å². The zero-order chi connectivity index (χ0) is 21.6. The Bertz CT molecular complexity index is 1030. The van der Waals surface area contributed by atoms with E-state index in [1.165, 1.54) is 22.5 Å². The van der Waals surface area contributed by atoms with E-state index in [1.807, 2.05) is 30.3 Å². The van der Waals surface area contributed by atoms with Gasteiger partial charge in [-0.25, -0.2) is 8.42 Å². The average Bonchev–Trinajstić information content (AvgIpc) is 2.77.